The summed E-state index contributed by atoms with van der Waals surface area (Å²) in [5.41, 5.74) is 0. The molecule has 0 aromatic carbocycles. The standard InChI is InChI=1S/C19H27F3N4O3/c1-23-18(25-7-3-9-29-11-19(20,21)22)24-6-2-8-26-16(27)14-12-4-5-13(10-12)15(14)17(26)28/h4-5,12-15H,2-3,6-11H2,1H3,(H2,23,24,25). The van der Waals surface area contributed by atoms with Gasteiger partial charge in [-0.1, -0.05) is 12.2 Å². The van der Waals surface area contributed by atoms with Crippen molar-refractivity contribution in [3.05, 3.63) is 12.2 Å². The van der Waals surface area contributed by atoms with E-state index in [9.17, 15) is 22.8 Å². The molecule has 2 amide bonds. The number of alkyl halides is 3. The largest absolute Gasteiger partial charge is 0.411 e. The Morgan fingerprint density at radius 2 is 1.72 bits per heavy atom. The highest BCUT2D eigenvalue weighted by atomic mass is 19.4. The molecule has 2 bridgehead atoms. The minimum atomic E-state index is -4.31. The summed E-state index contributed by atoms with van der Waals surface area (Å²) in [5.74, 6) is 0.523. The number of nitrogens with zero attached hydrogens (tertiary/aromatic N) is 2. The number of allylic oxidation sites excluding steroid dienone is 2. The molecule has 1 heterocycles. The number of fused-ring (bicyclic) bond motifs is 5. The number of likely N-dealkylation sites (tertiary alicyclic amines) is 1. The molecule has 0 radical (unpaired) electrons. The van der Waals surface area contributed by atoms with Crippen LogP contribution in [-0.4, -0.2) is 68.7 Å². The van der Waals surface area contributed by atoms with E-state index in [1.807, 2.05) is 0 Å². The summed E-state index contributed by atoms with van der Waals surface area (Å²) >= 11 is 0. The van der Waals surface area contributed by atoms with Gasteiger partial charge in [-0.05, 0) is 31.1 Å². The van der Waals surface area contributed by atoms with Gasteiger partial charge in [-0.2, -0.15) is 13.2 Å². The van der Waals surface area contributed by atoms with Gasteiger partial charge in [-0.3, -0.25) is 19.5 Å². The Morgan fingerprint density at radius 1 is 1.14 bits per heavy atom. The second-order valence-electron chi connectivity index (χ2n) is 7.63. The number of halogens is 3. The Morgan fingerprint density at radius 3 is 2.28 bits per heavy atom. The number of rotatable bonds is 9. The van der Waals surface area contributed by atoms with E-state index in [1.165, 1.54) is 4.90 Å². The van der Waals surface area contributed by atoms with E-state index in [-0.39, 0.29) is 42.1 Å². The van der Waals surface area contributed by atoms with Crippen molar-refractivity contribution in [2.24, 2.45) is 28.7 Å². The van der Waals surface area contributed by atoms with Crippen LogP contribution in [0.15, 0.2) is 17.1 Å². The van der Waals surface area contributed by atoms with E-state index in [0.717, 1.165) is 6.42 Å². The van der Waals surface area contributed by atoms with Gasteiger partial charge >= 0.3 is 6.18 Å². The average molecular weight is 416 g/mol. The number of hydrogen-bond donors (Lipinski definition) is 2. The van der Waals surface area contributed by atoms with Gasteiger partial charge in [0.15, 0.2) is 5.96 Å². The number of carbonyl (C=O) groups is 2. The van der Waals surface area contributed by atoms with Crippen LogP contribution in [0.5, 0.6) is 0 Å². The minimum Gasteiger partial charge on any atom is -0.372 e. The molecule has 3 rings (SSSR count). The molecule has 162 valence electrons. The number of nitrogens with one attached hydrogen (secondary N) is 2. The van der Waals surface area contributed by atoms with E-state index in [2.05, 4.69) is 32.5 Å². The Hall–Kier alpha value is -2.10. The number of amides is 2. The second-order valence-corrected chi connectivity index (χ2v) is 7.63. The number of aliphatic imine (C=N–C) groups is 1. The quantitative estimate of drug-likeness (QED) is 0.195. The number of hydrogen-bond acceptors (Lipinski definition) is 4. The molecule has 2 aliphatic carbocycles. The summed E-state index contributed by atoms with van der Waals surface area (Å²) in [6, 6.07) is 0. The second kappa shape index (κ2) is 9.15. The Labute approximate surface area is 167 Å². The SMILES string of the molecule is CN=C(NCCCOCC(F)(F)F)NCCCN1C(=O)C2C3C=CC(C3)C2C1=O. The van der Waals surface area contributed by atoms with Gasteiger partial charge in [0, 0.05) is 33.3 Å². The highest BCUT2D eigenvalue weighted by molar-refractivity contribution is 6.06. The molecule has 29 heavy (non-hydrogen) atoms. The zero-order chi connectivity index (χ0) is 21.0. The molecule has 3 aliphatic rings. The first-order chi connectivity index (χ1) is 13.8. The predicted molar refractivity (Wildman–Crippen MR) is 99.9 cm³/mol. The topological polar surface area (TPSA) is 83.0 Å². The number of ether oxygens (including phenoxy) is 1. The summed E-state index contributed by atoms with van der Waals surface area (Å²) in [5, 5.41) is 6.06. The molecule has 2 fully saturated rings. The van der Waals surface area contributed by atoms with Crippen LogP contribution in [0.3, 0.4) is 0 Å². The van der Waals surface area contributed by atoms with Crippen LogP contribution in [0.25, 0.3) is 0 Å². The predicted octanol–water partition coefficient (Wildman–Crippen LogP) is 1.32. The van der Waals surface area contributed by atoms with Crippen molar-refractivity contribution in [3.8, 4) is 0 Å². The Bertz CT molecular complexity index is 650. The molecule has 0 aromatic heterocycles. The monoisotopic (exact) mass is 416 g/mol. The van der Waals surface area contributed by atoms with Gasteiger partial charge < -0.3 is 15.4 Å². The lowest BCUT2D eigenvalue weighted by atomic mass is 9.85. The summed E-state index contributed by atoms with van der Waals surface area (Å²) in [4.78, 5) is 30.6. The molecule has 2 N–H and O–H groups in total. The molecule has 7 nitrogen and oxygen atoms in total. The highest BCUT2D eigenvalue weighted by Gasteiger charge is 2.58. The number of carbonyl (C=O) groups excluding carboxylic acids is 2. The third-order valence-corrected chi connectivity index (χ3v) is 5.66. The van der Waals surface area contributed by atoms with Crippen molar-refractivity contribution in [1.82, 2.24) is 15.5 Å². The Kier molecular flexibility index (Phi) is 6.81. The third-order valence-electron chi connectivity index (χ3n) is 5.66. The molecule has 0 aromatic rings. The molecule has 4 unspecified atom stereocenters. The maximum absolute atomic E-state index is 12.6. The number of imide groups is 1. The first-order valence-electron chi connectivity index (χ1n) is 9.94. The fraction of sp³-hybridized carbons (Fsp3) is 0.737. The van der Waals surface area contributed by atoms with E-state index < -0.39 is 12.8 Å². The van der Waals surface area contributed by atoms with Gasteiger partial charge in [0.2, 0.25) is 11.8 Å². The normalized spacial score (nSPS) is 28.4. The van der Waals surface area contributed by atoms with Gasteiger partial charge in [-0.25, -0.2) is 0 Å². The van der Waals surface area contributed by atoms with Crippen molar-refractivity contribution in [2.45, 2.75) is 25.4 Å². The van der Waals surface area contributed by atoms with Gasteiger partial charge in [-0.15, -0.1) is 0 Å². The molecule has 1 aliphatic heterocycles. The lowest BCUT2D eigenvalue weighted by molar-refractivity contribution is -0.173. The van der Waals surface area contributed by atoms with Gasteiger partial charge in [0.1, 0.15) is 6.61 Å². The fourth-order valence-corrected chi connectivity index (χ4v) is 4.42. The maximum atomic E-state index is 12.6. The van der Waals surface area contributed by atoms with E-state index >= 15 is 0 Å². The summed E-state index contributed by atoms with van der Waals surface area (Å²) in [6.45, 7) is 0.0654. The van der Waals surface area contributed by atoms with Crippen LogP contribution >= 0.6 is 0 Å². The zero-order valence-electron chi connectivity index (χ0n) is 16.4. The lowest BCUT2D eigenvalue weighted by Crippen LogP contribution is -2.40. The Balaban J connectivity index is 1.30. The zero-order valence-corrected chi connectivity index (χ0v) is 16.4. The third kappa shape index (κ3) is 5.09. The van der Waals surface area contributed by atoms with Crippen molar-refractivity contribution in [3.63, 3.8) is 0 Å². The van der Waals surface area contributed by atoms with E-state index in [1.54, 1.807) is 7.05 Å². The van der Waals surface area contributed by atoms with Gasteiger partial charge in [0.05, 0.1) is 11.8 Å². The van der Waals surface area contributed by atoms with Crippen LogP contribution in [0, 0.1) is 23.7 Å². The molecular weight excluding hydrogens is 389 g/mol. The van der Waals surface area contributed by atoms with E-state index in [4.69, 9.17) is 0 Å². The highest BCUT2D eigenvalue weighted by Crippen LogP contribution is 2.52. The number of guanidine groups is 1. The van der Waals surface area contributed by atoms with Crippen LogP contribution in [0.1, 0.15) is 19.3 Å². The van der Waals surface area contributed by atoms with Crippen LogP contribution in [-0.2, 0) is 14.3 Å². The van der Waals surface area contributed by atoms with Gasteiger partial charge in [0.25, 0.3) is 0 Å². The molecule has 10 heteroatoms. The minimum absolute atomic E-state index is 0.00185. The fourth-order valence-electron chi connectivity index (χ4n) is 4.42. The first kappa shape index (κ1) is 21.6. The summed E-state index contributed by atoms with van der Waals surface area (Å²) in [7, 11) is 1.59. The average Bonchev–Trinajstić information content (AvgIpc) is 3.34. The van der Waals surface area contributed by atoms with Crippen molar-refractivity contribution >= 4 is 17.8 Å². The molecular formula is C19H27F3N4O3. The molecule has 1 saturated carbocycles. The lowest BCUT2D eigenvalue weighted by Gasteiger charge is -2.18. The summed E-state index contributed by atoms with van der Waals surface area (Å²) < 4.78 is 40.5. The molecule has 0 spiro atoms. The summed E-state index contributed by atoms with van der Waals surface area (Å²) in [6.07, 6.45) is 1.77. The smallest absolute Gasteiger partial charge is 0.372 e. The first-order valence-corrected chi connectivity index (χ1v) is 9.94. The van der Waals surface area contributed by atoms with Crippen LogP contribution < -0.4 is 10.6 Å². The maximum Gasteiger partial charge on any atom is 0.411 e. The van der Waals surface area contributed by atoms with Crippen molar-refractivity contribution in [2.75, 3.05) is 39.9 Å². The molecule has 4 atom stereocenters. The molecule has 1 saturated heterocycles. The van der Waals surface area contributed by atoms with Crippen molar-refractivity contribution < 1.29 is 27.5 Å². The van der Waals surface area contributed by atoms with Crippen LogP contribution in [0.4, 0.5) is 13.2 Å². The van der Waals surface area contributed by atoms with E-state index in [0.29, 0.717) is 38.4 Å². The van der Waals surface area contributed by atoms with Crippen LogP contribution in [0.2, 0.25) is 0 Å². The van der Waals surface area contributed by atoms with Crippen molar-refractivity contribution in [1.29, 1.82) is 0 Å².